The molecule has 1 aromatic heterocycles. The number of carbonyl (C=O) groups is 1. The lowest BCUT2D eigenvalue weighted by Gasteiger charge is -2.31. The number of anilines is 1. The highest BCUT2D eigenvalue weighted by atomic mass is 32.1. The highest BCUT2D eigenvalue weighted by Gasteiger charge is 2.33. The Labute approximate surface area is 181 Å². The molecule has 0 bridgehead atoms. The SMILES string of the molecule is CNc1csc(COc2ccc(C(=O)N3CCCC3CN3CCCC3C)c(F)c2)c1. The van der Waals surface area contributed by atoms with Gasteiger partial charge < -0.3 is 15.0 Å². The molecule has 1 N–H and O–H groups in total. The van der Waals surface area contributed by atoms with E-state index in [-0.39, 0.29) is 17.5 Å². The van der Waals surface area contributed by atoms with Crippen molar-refractivity contribution in [2.24, 2.45) is 0 Å². The maximum absolute atomic E-state index is 14.8. The first kappa shape index (κ1) is 21.1. The summed E-state index contributed by atoms with van der Waals surface area (Å²) >= 11 is 1.59. The van der Waals surface area contributed by atoms with Gasteiger partial charge in [-0.25, -0.2) is 4.39 Å². The van der Waals surface area contributed by atoms with Gasteiger partial charge in [0.15, 0.2) is 0 Å². The average Bonchev–Trinajstić information content (AvgIpc) is 3.48. The molecule has 1 amide bonds. The summed E-state index contributed by atoms with van der Waals surface area (Å²) in [7, 11) is 1.87. The van der Waals surface area contributed by atoms with E-state index in [1.54, 1.807) is 23.5 Å². The predicted octanol–water partition coefficient (Wildman–Crippen LogP) is 4.60. The zero-order chi connectivity index (χ0) is 21.1. The van der Waals surface area contributed by atoms with Gasteiger partial charge in [0.05, 0.1) is 5.56 Å². The lowest BCUT2D eigenvalue weighted by atomic mass is 10.1. The molecule has 0 saturated carbocycles. The van der Waals surface area contributed by atoms with Crippen LogP contribution in [0.4, 0.5) is 10.1 Å². The van der Waals surface area contributed by atoms with E-state index in [1.165, 1.54) is 18.9 Å². The van der Waals surface area contributed by atoms with Gasteiger partial charge in [0, 0.05) is 54.2 Å². The Morgan fingerprint density at radius 1 is 1.27 bits per heavy atom. The first-order valence-electron chi connectivity index (χ1n) is 10.8. The van der Waals surface area contributed by atoms with Gasteiger partial charge in [-0.1, -0.05) is 0 Å². The Morgan fingerprint density at radius 2 is 2.10 bits per heavy atom. The van der Waals surface area contributed by atoms with Crippen LogP contribution in [0.5, 0.6) is 5.75 Å². The number of halogens is 1. The summed E-state index contributed by atoms with van der Waals surface area (Å²) in [5, 5.41) is 5.09. The molecule has 0 radical (unpaired) electrons. The molecular formula is C23H30FN3O2S. The summed E-state index contributed by atoms with van der Waals surface area (Å²) in [6.45, 7) is 5.32. The number of hydrogen-bond acceptors (Lipinski definition) is 5. The molecular weight excluding hydrogens is 401 g/mol. The van der Waals surface area contributed by atoms with Crippen LogP contribution in [-0.2, 0) is 6.61 Å². The second-order valence-corrected chi connectivity index (χ2v) is 9.26. The lowest BCUT2D eigenvalue weighted by molar-refractivity contribution is 0.0692. The topological polar surface area (TPSA) is 44.8 Å². The molecule has 4 rings (SSSR count). The number of carbonyl (C=O) groups excluding carboxylic acids is 1. The first-order chi connectivity index (χ1) is 14.5. The molecule has 2 saturated heterocycles. The van der Waals surface area contributed by atoms with Crippen LogP contribution in [0.25, 0.3) is 0 Å². The summed E-state index contributed by atoms with van der Waals surface area (Å²) in [6.07, 6.45) is 4.42. The zero-order valence-corrected chi connectivity index (χ0v) is 18.5. The summed E-state index contributed by atoms with van der Waals surface area (Å²) < 4.78 is 20.5. The van der Waals surface area contributed by atoms with Crippen molar-refractivity contribution in [2.75, 3.05) is 32.0 Å². The second kappa shape index (κ2) is 9.35. The fourth-order valence-corrected chi connectivity index (χ4v) is 5.27. The van der Waals surface area contributed by atoms with Crippen LogP contribution in [0.15, 0.2) is 29.6 Å². The number of thiophene rings is 1. The average molecular weight is 432 g/mol. The Hall–Kier alpha value is -2.12. The molecule has 2 unspecified atom stereocenters. The van der Waals surface area contributed by atoms with Gasteiger partial charge in [0.1, 0.15) is 18.2 Å². The van der Waals surface area contributed by atoms with Crippen LogP contribution in [0.2, 0.25) is 0 Å². The molecule has 0 aliphatic carbocycles. The number of benzene rings is 1. The highest BCUT2D eigenvalue weighted by Crippen LogP contribution is 2.27. The van der Waals surface area contributed by atoms with Crippen molar-refractivity contribution in [1.82, 2.24) is 9.80 Å². The fourth-order valence-electron chi connectivity index (χ4n) is 4.48. The maximum Gasteiger partial charge on any atom is 0.257 e. The molecule has 0 spiro atoms. The van der Waals surface area contributed by atoms with Gasteiger partial charge >= 0.3 is 0 Å². The van der Waals surface area contributed by atoms with Crippen LogP contribution in [0.3, 0.4) is 0 Å². The van der Waals surface area contributed by atoms with Gasteiger partial charge in [-0.2, -0.15) is 0 Å². The van der Waals surface area contributed by atoms with Crippen molar-refractivity contribution in [1.29, 1.82) is 0 Å². The predicted molar refractivity (Wildman–Crippen MR) is 119 cm³/mol. The van der Waals surface area contributed by atoms with E-state index in [0.717, 1.165) is 36.5 Å². The van der Waals surface area contributed by atoms with E-state index < -0.39 is 5.82 Å². The molecule has 7 heteroatoms. The van der Waals surface area contributed by atoms with E-state index in [9.17, 15) is 9.18 Å². The quantitative estimate of drug-likeness (QED) is 0.696. The van der Waals surface area contributed by atoms with Crippen molar-refractivity contribution in [3.8, 4) is 5.75 Å². The third-order valence-electron chi connectivity index (χ3n) is 6.27. The number of ether oxygens (including phenoxy) is 1. The standard InChI is InChI=1S/C23H30FN3O2S/c1-16-5-3-9-26(16)13-18-6-4-10-27(18)23(28)21-8-7-19(12-22(21)24)29-14-20-11-17(25-2)15-30-20/h7-8,11-12,15-16,18,25H,3-6,9-10,13-14H2,1-2H3. The Kier molecular flexibility index (Phi) is 6.58. The summed E-state index contributed by atoms with van der Waals surface area (Å²) in [5.74, 6) is -0.280. The molecule has 1 aromatic carbocycles. The molecule has 2 aliphatic rings. The number of hydrogen-bond donors (Lipinski definition) is 1. The fraction of sp³-hybridized carbons (Fsp3) is 0.522. The number of likely N-dealkylation sites (tertiary alicyclic amines) is 2. The minimum absolute atomic E-state index is 0.136. The largest absolute Gasteiger partial charge is 0.488 e. The number of nitrogens with one attached hydrogen (secondary N) is 1. The minimum Gasteiger partial charge on any atom is -0.488 e. The lowest BCUT2D eigenvalue weighted by Crippen LogP contribution is -2.44. The smallest absolute Gasteiger partial charge is 0.257 e. The molecule has 2 aromatic rings. The number of nitrogens with zero attached hydrogens (tertiary/aromatic N) is 2. The first-order valence-corrected chi connectivity index (χ1v) is 11.7. The molecule has 2 fully saturated rings. The van der Waals surface area contributed by atoms with E-state index >= 15 is 0 Å². The third kappa shape index (κ3) is 4.62. The van der Waals surface area contributed by atoms with E-state index in [2.05, 4.69) is 17.1 Å². The second-order valence-electron chi connectivity index (χ2n) is 8.26. The molecule has 5 nitrogen and oxygen atoms in total. The number of amides is 1. The van der Waals surface area contributed by atoms with Gasteiger partial charge in [-0.15, -0.1) is 11.3 Å². The molecule has 3 heterocycles. The maximum atomic E-state index is 14.8. The Morgan fingerprint density at radius 3 is 2.80 bits per heavy atom. The van der Waals surface area contributed by atoms with Crippen molar-refractivity contribution in [3.63, 3.8) is 0 Å². The summed E-state index contributed by atoms with van der Waals surface area (Å²) in [5.41, 5.74) is 1.17. The van der Waals surface area contributed by atoms with E-state index in [0.29, 0.717) is 24.9 Å². The van der Waals surface area contributed by atoms with Crippen LogP contribution in [-0.4, -0.2) is 54.5 Å². The van der Waals surface area contributed by atoms with Crippen molar-refractivity contribution in [2.45, 2.75) is 51.3 Å². The van der Waals surface area contributed by atoms with Crippen molar-refractivity contribution >= 4 is 22.9 Å². The van der Waals surface area contributed by atoms with Crippen LogP contribution in [0, 0.1) is 5.82 Å². The summed E-state index contributed by atoms with van der Waals surface area (Å²) in [6, 6.07) is 7.34. The molecule has 2 atom stereocenters. The Balaban J connectivity index is 1.39. The zero-order valence-electron chi connectivity index (χ0n) is 17.7. The van der Waals surface area contributed by atoms with Gasteiger partial charge in [-0.3, -0.25) is 9.69 Å². The van der Waals surface area contributed by atoms with Gasteiger partial charge in [-0.05, 0) is 57.4 Å². The molecule has 30 heavy (non-hydrogen) atoms. The normalized spacial score (nSPS) is 21.9. The Bertz CT molecular complexity index is 887. The summed E-state index contributed by atoms with van der Waals surface area (Å²) in [4.78, 5) is 18.5. The number of rotatable bonds is 7. The van der Waals surface area contributed by atoms with Crippen molar-refractivity contribution in [3.05, 3.63) is 45.9 Å². The van der Waals surface area contributed by atoms with Crippen LogP contribution >= 0.6 is 11.3 Å². The molecule has 2 aliphatic heterocycles. The van der Waals surface area contributed by atoms with Gasteiger partial charge in [0.25, 0.3) is 5.91 Å². The van der Waals surface area contributed by atoms with Crippen molar-refractivity contribution < 1.29 is 13.9 Å². The monoisotopic (exact) mass is 431 g/mol. The van der Waals surface area contributed by atoms with E-state index in [4.69, 9.17) is 4.74 Å². The third-order valence-corrected chi connectivity index (χ3v) is 7.18. The minimum atomic E-state index is -0.514. The van der Waals surface area contributed by atoms with E-state index in [1.807, 2.05) is 23.4 Å². The molecule has 162 valence electrons. The van der Waals surface area contributed by atoms with Crippen LogP contribution in [0.1, 0.15) is 47.8 Å². The highest BCUT2D eigenvalue weighted by molar-refractivity contribution is 7.10. The van der Waals surface area contributed by atoms with Gasteiger partial charge in [0.2, 0.25) is 0 Å². The van der Waals surface area contributed by atoms with Crippen LogP contribution < -0.4 is 10.1 Å².